The summed E-state index contributed by atoms with van der Waals surface area (Å²) in [6.45, 7) is 2.17. The number of halogens is 1. The molecule has 3 rings (SSSR count). The lowest BCUT2D eigenvalue weighted by molar-refractivity contribution is 0.0773. The highest BCUT2D eigenvalue weighted by Crippen LogP contribution is 2.19. The first-order chi connectivity index (χ1) is 11.5. The Morgan fingerprint density at radius 3 is 2.42 bits per heavy atom. The lowest BCUT2D eigenvalue weighted by Gasteiger charge is -2.14. The maximum atomic E-state index is 12.9. The third-order valence-electron chi connectivity index (χ3n) is 3.58. The molecule has 24 heavy (non-hydrogen) atoms. The fraction of sp³-hybridized carbons (Fsp3) is 0.167. The number of hydrogen-bond acceptors (Lipinski definition) is 4. The molecule has 1 heterocycles. The molecule has 0 atom stereocenters. The molecule has 2 aromatic carbocycles. The van der Waals surface area contributed by atoms with Gasteiger partial charge in [0.25, 0.3) is 5.91 Å². The van der Waals surface area contributed by atoms with E-state index in [-0.39, 0.29) is 18.3 Å². The second kappa shape index (κ2) is 6.62. The highest BCUT2D eigenvalue weighted by atomic mass is 19.1. The Bertz CT molecular complexity index is 841. The van der Waals surface area contributed by atoms with Crippen LogP contribution in [0, 0.1) is 12.7 Å². The van der Waals surface area contributed by atoms with Crippen molar-refractivity contribution in [3.05, 3.63) is 71.4 Å². The van der Waals surface area contributed by atoms with Gasteiger partial charge in [-0.05, 0) is 43.3 Å². The number of aromatic nitrogens is 2. The Hall–Kier alpha value is -3.02. The molecule has 0 N–H and O–H groups in total. The van der Waals surface area contributed by atoms with Crippen LogP contribution in [-0.2, 0) is 6.54 Å². The highest BCUT2D eigenvalue weighted by molar-refractivity contribution is 5.93. The monoisotopic (exact) mass is 325 g/mol. The van der Waals surface area contributed by atoms with E-state index in [1.165, 1.54) is 29.2 Å². The summed E-state index contributed by atoms with van der Waals surface area (Å²) in [5, 5.41) is 7.98. The molecule has 6 heteroatoms. The minimum Gasteiger partial charge on any atom is -0.419 e. The third kappa shape index (κ3) is 3.48. The summed E-state index contributed by atoms with van der Waals surface area (Å²) < 4.78 is 18.5. The Morgan fingerprint density at radius 1 is 1.08 bits per heavy atom. The van der Waals surface area contributed by atoms with Gasteiger partial charge in [-0.25, -0.2) is 4.39 Å². The van der Waals surface area contributed by atoms with Crippen molar-refractivity contribution in [2.75, 3.05) is 7.05 Å². The zero-order chi connectivity index (χ0) is 17.1. The summed E-state index contributed by atoms with van der Waals surface area (Å²) in [6, 6.07) is 13.1. The van der Waals surface area contributed by atoms with E-state index in [0.717, 1.165) is 11.1 Å². The van der Waals surface area contributed by atoms with E-state index in [1.807, 2.05) is 31.2 Å². The van der Waals surface area contributed by atoms with Crippen molar-refractivity contribution in [2.24, 2.45) is 0 Å². The average Bonchev–Trinajstić information content (AvgIpc) is 3.04. The molecular weight excluding hydrogens is 309 g/mol. The van der Waals surface area contributed by atoms with Gasteiger partial charge < -0.3 is 9.32 Å². The number of amides is 1. The summed E-state index contributed by atoms with van der Waals surface area (Å²) in [7, 11) is 1.63. The quantitative estimate of drug-likeness (QED) is 0.737. The largest absolute Gasteiger partial charge is 0.419 e. The van der Waals surface area contributed by atoms with Gasteiger partial charge in [0.1, 0.15) is 5.82 Å². The molecule has 0 aliphatic heterocycles. The van der Waals surface area contributed by atoms with E-state index < -0.39 is 0 Å². The minimum absolute atomic E-state index is 0.176. The van der Waals surface area contributed by atoms with Gasteiger partial charge in [-0.1, -0.05) is 17.7 Å². The van der Waals surface area contributed by atoms with Gasteiger partial charge in [-0.3, -0.25) is 4.79 Å². The van der Waals surface area contributed by atoms with Gasteiger partial charge in [0.15, 0.2) is 0 Å². The van der Waals surface area contributed by atoms with Crippen molar-refractivity contribution >= 4 is 5.91 Å². The van der Waals surface area contributed by atoms with E-state index >= 15 is 0 Å². The smallest absolute Gasteiger partial charge is 0.254 e. The molecule has 5 nitrogen and oxygen atoms in total. The fourth-order valence-corrected chi connectivity index (χ4v) is 2.22. The molecule has 0 saturated carbocycles. The van der Waals surface area contributed by atoms with E-state index in [9.17, 15) is 9.18 Å². The summed E-state index contributed by atoms with van der Waals surface area (Å²) in [5.74, 6) is 0.120. The van der Waals surface area contributed by atoms with Gasteiger partial charge in [-0.15, -0.1) is 10.2 Å². The van der Waals surface area contributed by atoms with Gasteiger partial charge in [-0.2, -0.15) is 0 Å². The van der Waals surface area contributed by atoms with Gasteiger partial charge in [0.05, 0.1) is 6.54 Å². The van der Waals surface area contributed by atoms with Crippen molar-refractivity contribution in [3.63, 3.8) is 0 Å². The van der Waals surface area contributed by atoms with Gasteiger partial charge in [0, 0.05) is 18.2 Å². The lowest BCUT2D eigenvalue weighted by atomic mass is 10.1. The minimum atomic E-state index is -0.381. The maximum Gasteiger partial charge on any atom is 0.254 e. The fourth-order valence-electron chi connectivity index (χ4n) is 2.22. The van der Waals surface area contributed by atoms with Crippen LogP contribution < -0.4 is 0 Å². The Labute approximate surface area is 138 Å². The highest BCUT2D eigenvalue weighted by Gasteiger charge is 2.16. The molecular formula is C18H16FN3O2. The number of carbonyl (C=O) groups is 1. The van der Waals surface area contributed by atoms with Crippen LogP contribution in [0.15, 0.2) is 52.9 Å². The molecule has 0 aliphatic carbocycles. The number of rotatable bonds is 4. The maximum absolute atomic E-state index is 12.9. The second-order valence-electron chi connectivity index (χ2n) is 5.54. The van der Waals surface area contributed by atoms with Crippen molar-refractivity contribution in [1.29, 1.82) is 0 Å². The number of aryl methyl sites for hydroxylation is 1. The van der Waals surface area contributed by atoms with E-state index in [1.54, 1.807) is 7.05 Å². The molecule has 0 bridgehead atoms. The topological polar surface area (TPSA) is 59.2 Å². The van der Waals surface area contributed by atoms with Gasteiger partial charge >= 0.3 is 0 Å². The van der Waals surface area contributed by atoms with E-state index in [0.29, 0.717) is 17.3 Å². The van der Waals surface area contributed by atoms with E-state index in [4.69, 9.17) is 4.42 Å². The molecule has 1 aromatic heterocycles. The van der Waals surface area contributed by atoms with Crippen molar-refractivity contribution in [2.45, 2.75) is 13.5 Å². The predicted molar refractivity (Wildman–Crippen MR) is 86.7 cm³/mol. The Morgan fingerprint density at radius 2 is 1.75 bits per heavy atom. The standard InChI is InChI=1S/C18H16FN3O2/c1-12-3-5-13(6-4-12)17-21-20-16(24-17)11-22(2)18(23)14-7-9-15(19)10-8-14/h3-10H,11H2,1-2H3. The molecule has 0 saturated heterocycles. The molecule has 1 amide bonds. The first-order valence-electron chi connectivity index (χ1n) is 7.43. The summed E-state index contributed by atoms with van der Waals surface area (Å²) in [6.07, 6.45) is 0. The number of nitrogens with zero attached hydrogens (tertiary/aromatic N) is 3. The van der Waals surface area contributed by atoms with Crippen molar-refractivity contribution in [3.8, 4) is 11.5 Å². The molecule has 0 aliphatic rings. The normalized spacial score (nSPS) is 10.6. The zero-order valence-electron chi connectivity index (χ0n) is 13.4. The van der Waals surface area contributed by atoms with Crippen LogP contribution in [0.5, 0.6) is 0 Å². The molecule has 0 radical (unpaired) electrons. The first kappa shape index (κ1) is 15.9. The zero-order valence-corrected chi connectivity index (χ0v) is 13.4. The SMILES string of the molecule is Cc1ccc(-c2nnc(CN(C)C(=O)c3ccc(F)cc3)o2)cc1. The molecule has 3 aromatic rings. The van der Waals surface area contributed by atoms with Crippen LogP contribution in [0.4, 0.5) is 4.39 Å². The first-order valence-corrected chi connectivity index (χ1v) is 7.43. The molecule has 122 valence electrons. The van der Waals surface area contributed by atoms with Crippen LogP contribution in [-0.4, -0.2) is 28.1 Å². The van der Waals surface area contributed by atoms with Crippen molar-refractivity contribution in [1.82, 2.24) is 15.1 Å². The second-order valence-corrected chi connectivity index (χ2v) is 5.54. The van der Waals surface area contributed by atoms with Crippen LogP contribution in [0.25, 0.3) is 11.5 Å². The predicted octanol–water partition coefficient (Wildman–Crippen LogP) is 3.46. The van der Waals surface area contributed by atoms with Crippen LogP contribution >= 0.6 is 0 Å². The van der Waals surface area contributed by atoms with E-state index in [2.05, 4.69) is 10.2 Å². The number of hydrogen-bond donors (Lipinski definition) is 0. The van der Waals surface area contributed by atoms with Crippen LogP contribution in [0.1, 0.15) is 21.8 Å². The molecule has 0 spiro atoms. The Balaban J connectivity index is 1.70. The molecule has 0 fully saturated rings. The Kier molecular flexibility index (Phi) is 4.37. The number of benzene rings is 2. The third-order valence-corrected chi connectivity index (χ3v) is 3.58. The summed E-state index contributed by atoms with van der Waals surface area (Å²) >= 11 is 0. The summed E-state index contributed by atoms with van der Waals surface area (Å²) in [5.41, 5.74) is 2.37. The van der Waals surface area contributed by atoms with Crippen molar-refractivity contribution < 1.29 is 13.6 Å². The average molecular weight is 325 g/mol. The van der Waals surface area contributed by atoms with Crippen LogP contribution in [0.3, 0.4) is 0 Å². The van der Waals surface area contributed by atoms with Crippen LogP contribution in [0.2, 0.25) is 0 Å². The van der Waals surface area contributed by atoms with Gasteiger partial charge in [0.2, 0.25) is 11.8 Å². The molecule has 0 unspecified atom stereocenters. The summed E-state index contributed by atoms with van der Waals surface area (Å²) in [4.78, 5) is 13.7. The number of carbonyl (C=O) groups excluding carboxylic acids is 1. The lowest BCUT2D eigenvalue weighted by Crippen LogP contribution is -2.26.